The van der Waals surface area contributed by atoms with Crippen LogP contribution in [0, 0.1) is 5.82 Å². The number of rotatable bonds is 7. The molecule has 0 fully saturated rings. The van der Waals surface area contributed by atoms with Gasteiger partial charge in [-0.15, -0.1) is 0 Å². The van der Waals surface area contributed by atoms with Crippen molar-refractivity contribution >= 4 is 28.9 Å². The third-order valence-corrected chi connectivity index (χ3v) is 4.11. The number of anilines is 2. The Hall–Kier alpha value is -2.47. The highest BCUT2D eigenvalue weighted by Gasteiger charge is 2.15. The molecule has 0 aliphatic carbocycles. The average Bonchev–Trinajstić information content (AvgIpc) is 2.60. The van der Waals surface area contributed by atoms with Gasteiger partial charge in [-0.25, -0.2) is 4.39 Å². The number of carbonyl (C=O) groups excluding carboxylic acids is 1. The van der Waals surface area contributed by atoms with Crippen LogP contribution < -0.4 is 20.7 Å². The number of methoxy groups -OCH3 is 1. The number of carbonyl (C=O) groups is 1. The number of hydrogen-bond donors (Lipinski definition) is 2. The zero-order valence-electron chi connectivity index (χ0n) is 14.2. The van der Waals surface area contributed by atoms with Gasteiger partial charge in [-0.05, 0) is 24.6 Å². The second-order valence-corrected chi connectivity index (χ2v) is 5.96. The Morgan fingerprint density at radius 1 is 1.36 bits per heavy atom. The van der Waals surface area contributed by atoms with Crippen LogP contribution in [0.2, 0.25) is 5.02 Å². The van der Waals surface area contributed by atoms with E-state index in [1.165, 1.54) is 25.3 Å². The van der Waals surface area contributed by atoms with Gasteiger partial charge in [0.15, 0.2) is 0 Å². The molecular weight excluding hydrogens is 345 g/mol. The number of para-hydroxylation sites is 1. The number of nitrogens with two attached hydrogens (primary N) is 1. The summed E-state index contributed by atoms with van der Waals surface area (Å²) in [6, 6.07) is 9.57. The Balaban J connectivity index is 1.89. The van der Waals surface area contributed by atoms with E-state index in [1.807, 2.05) is 11.9 Å². The molecule has 134 valence electrons. The number of benzene rings is 2. The van der Waals surface area contributed by atoms with E-state index in [0.717, 1.165) is 0 Å². The van der Waals surface area contributed by atoms with E-state index in [2.05, 4.69) is 5.32 Å². The number of amides is 1. The first kappa shape index (κ1) is 18.9. The summed E-state index contributed by atoms with van der Waals surface area (Å²) >= 11 is 5.97. The van der Waals surface area contributed by atoms with E-state index in [4.69, 9.17) is 22.1 Å². The summed E-state index contributed by atoms with van der Waals surface area (Å²) in [5, 5.41) is 3.10. The minimum Gasteiger partial charge on any atom is -0.496 e. The van der Waals surface area contributed by atoms with Gasteiger partial charge >= 0.3 is 0 Å². The number of halogens is 2. The third kappa shape index (κ3) is 4.76. The molecule has 0 atom stereocenters. The fraction of sp³-hybridized carbons (Fsp3) is 0.278. The lowest BCUT2D eigenvalue weighted by atomic mass is 10.1. The summed E-state index contributed by atoms with van der Waals surface area (Å²) in [5.74, 6) is -0.203. The maximum Gasteiger partial charge on any atom is 0.255 e. The van der Waals surface area contributed by atoms with Crippen LogP contribution in [0.3, 0.4) is 0 Å². The first-order chi connectivity index (χ1) is 11.9. The second kappa shape index (κ2) is 8.58. The fourth-order valence-corrected chi connectivity index (χ4v) is 2.57. The molecule has 0 aromatic heterocycles. The standard InChI is InChI=1S/C18H21ClFN3O2/c1-23(16-7-4-3-6-14(16)20)9-5-8-22-18(24)12-10-13(19)15(21)11-17(12)25-2/h3-4,6-7,10-11H,5,8-9,21H2,1-2H3,(H,22,24). The molecule has 0 saturated heterocycles. The highest BCUT2D eigenvalue weighted by atomic mass is 35.5. The third-order valence-electron chi connectivity index (χ3n) is 3.78. The largest absolute Gasteiger partial charge is 0.496 e. The molecule has 25 heavy (non-hydrogen) atoms. The van der Waals surface area contributed by atoms with Gasteiger partial charge in [0.05, 0.1) is 29.1 Å². The maximum absolute atomic E-state index is 13.7. The molecule has 1 amide bonds. The van der Waals surface area contributed by atoms with Crippen molar-refractivity contribution in [3.05, 3.63) is 52.8 Å². The fourth-order valence-electron chi connectivity index (χ4n) is 2.41. The summed E-state index contributed by atoms with van der Waals surface area (Å²) in [5.41, 5.74) is 6.91. The number of ether oxygens (including phenoxy) is 1. The predicted octanol–water partition coefficient (Wildman–Crippen LogP) is 3.33. The number of nitrogen functional groups attached to an aromatic ring is 1. The molecule has 2 rings (SSSR count). The van der Waals surface area contributed by atoms with Crippen LogP contribution in [0.1, 0.15) is 16.8 Å². The Bertz CT molecular complexity index is 755. The van der Waals surface area contributed by atoms with Gasteiger partial charge in [-0.3, -0.25) is 4.79 Å². The summed E-state index contributed by atoms with van der Waals surface area (Å²) in [6.07, 6.45) is 0.654. The van der Waals surface area contributed by atoms with Gasteiger partial charge in [0.1, 0.15) is 11.6 Å². The summed E-state index contributed by atoms with van der Waals surface area (Å²) in [7, 11) is 3.27. The molecule has 0 spiro atoms. The molecule has 2 aromatic rings. The lowest BCUT2D eigenvalue weighted by molar-refractivity contribution is 0.0950. The van der Waals surface area contributed by atoms with Crippen molar-refractivity contribution in [1.29, 1.82) is 0 Å². The minimum absolute atomic E-state index is 0.268. The van der Waals surface area contributed by atoms with Crippen LogP contribution in [-0.2, 0) is 0 Å². The van der Waals surface area contributed by atoms with Crippen LogP contribution in [0.4, 0.5) is 15.8 Å². The minimum atomic E-state index is -0.299. The summed E-state index contributed by atoms with van der Waals surface area (Å²) in [4.78, 5) is 14.1. The molecule has 0 saturated carbocycles. The number of hydrogen-bond acceptors (Lipinski definition) is 4. The summed E-state index contributed by atoms with van der Waals surface area (Å²) in [6.45, 7) is 1.03. The monoisotopic (exact) mass is 365 g/mol. The van der Waals surface area contributed by atoms with Crippen LogP contribution in [0.25, 0.3) is 0 Å². The Kier molecular flexibility index (Phi) is 6.47. The molecule has 0 radical (unpaired) electrons. The van der Waals surface area contributed by atoms with Crippen LogP contribution in [-0.4, -0.2) is 33.2 Å². The van der Waals surface area contributed by atoms with Gasteiger partial charge in [0.25, 0.3) is 5.91 Å². The molecule has 3 N–H and O–H groups in total. The van der Waals surface area contributed by atoms with Crippen LogP contribution in [0.15, 0.2) is 36.4 Å². The maximum atomic E-state index is 13.7. The molecule has 0 aliphatic rings. The molecule has 0 unspecified atom stereocenters. The van der Waals surface area contributed by atoms with Crippen molar-refractivity contribution < 1.29 is 13.9 Å². The Labute approximate surface area is 151 Å². The SMILES string of the molecule is COc1cc(N)c(Cl)cc1C(=O)NCCCN(C)c1ccccc1F. The number of nitrogens with one attached hydrogen (secondary N) is 1. The van der Waals surface area contributed by atoms with Gasteiger partial charge < -0.3 is 20.7 Å². The zero-order valence-corrected chi connectivity index (χ0v) is 14.9. The van der Waals surface area contributed by atoms with Gasteiger partial charge in [-0.2, -0.15) is 0 Å². The van der Waals surface area contributed by atoms with Crippen molar-refractivity contribution in [2.24, 2.45) is 0 Å². The van der Waals surface area contributed by atoms with E-state index in [0.29, 0.717) is 47.2 Å². The topological polar surface area (TPSA) is 67.6 Å². The second-order valence-electron chi connectivity index (χ2n) is 5.56. The van der Waals surface area contributed by atoms with E-state index < -0.39 is 0 Å². The smallest absolute Gasteiger partial charge is 0.255 e. The van der Waals surface area contributed by atoms with Crippen molar-refractivity contribution in [3.8, 4) is 5.75 Å². The van der Waals surface area contributed by atoms with E-state index in [1.54, 1.807) is 18.2 Å². The van der Waals surface area contributed by atoms with Crippen molar-refractivity contribution in [2.75, 3.05) is 37.9 Å². The lowest BCUT2D eigenvalue weighted by Gasteiger charge is -2.20. The van der Waals surface area contributed by atoms with Gasteiger partial charge in [0.2, 0.25) is 0 Å². The highest BCUT2D eigenvalue weighted by Crippen LogP contribution is 2.28. The quantitative estimate of drug-likeness (QED) is 0.583. The van der Waals surface area contributed by atoms with E-state index in [9.17, 15) is 9.18 Å². The molecule has 0 bridgehead atoms. The first-order valence-corrected chi connectivity index (χ1v) is 8.18. The molecule has 7 heteroatoms. The summed E-state index contributed by atoms with van der Waals surface area (Å²) < 4.78 is 18.9. The van der Waals surface area contributed by atoms with Crippen LogP contribution >= 0.6 is 11.6 Å². The normalized spacial score (nSPS) is 10.4. The van der Waals surface area contributed by atoms with E-state index in [-0.39, 0.29) is 11.7 Å². The van der Waals surface area contributed by atoms with Gasteiger partial charge in [0, 0.05) is 26.2 Å². The molecular formula is C18H21ClFN3O2. The van der Waals surface area contributed by atoms with E-state index >= 15 is 0 Å². The Morgan fingerprint density at radius 3 is 2.76 bits per heavy atom. The van der Waals surface area contributed by atoms with Crippen LogP contribution in [0.5, 0.6) is 5.75 Å². The predicted molar refractivity (Wildman–Crippen MR) is 99.0 cm³/mol. The van der Waals surface area contributed by atoms with Crippen molar-refractivity contribution in [3.63, 3.8) is 0 Å². The highest BCUT2D eigenvalue weighted by molar-refractivity contribution is 6.33. The molecule has 2 aromatic carbocycles. The molecule has 0 heterocycles. The Morgan fingerprint density at radius 2 is 2.08 bits per heavy atom. The lowest BCUT2D eigenvalue weighted by Crippen LogP contribution is -2.28. The zero-order chi connectivity index (χ0) is 18.4. The van der Waals surface area contributed by atoms with Crippen molar-refractivity contribution in [2.45, 2.75) is 6.42 Å². The van der Waals surface area contributed by atoms with Gasteiger partial charge in [-0.1, -0.05) is 23.7 Å². The first-order valence-electron chi connectivity index (χ1n) is 7.81. The average molecular weight is 366 g/mol. The van der Waals surface area contributed by atoms with Crippen molar-refractivity contribution in [1.82, 2.24) is 5.32 Å². The number of nitrogens with zero attached hydrogens (tertiary/aromatic N) is 1. The molecule has 5 nitrogen and oxygen atoms in total. The molecule has 0 aliphatic heterocycles.